The summed E-state index contributed by atoms with van der Waals surface area (Å²) in [5.74, 6) is 0.108. The topological polar surface area (TPSA) is 237 Å². The van der Waals surface area contributed by atoms with Crippen LogP contribution >= 0.6 is 15.6 Å². The molecule has 0 fully saturated rings. The Kier molecular flexibility index (Phi) is 54.1. The van der Waals surface area contributed by atoms with Crippen LogP contribution in [0.25, 0.3) is 0 Å². The van der Waals surface area contributed by atoms with Crippen molar-refractivity contribution in [2.75, 3.05) is 39.6 Å². The lowest BCUT2D eigenvalue weighted by atomic mass is 10.00. The van der Waals surface area contributed by atoms with Gasteiger partial charge in [-0.05, 0) is 43.4 Å². The Labute approximate surface area is 505 Å². The summed E-state index contributed by atoms with van der Waals surface area (Å²) < 4.78 is 67.8. The second-order valence-corrected chi connectivity index (χ2v) is 27.3. The summed E-state index contributed by atoms with van der Waals surface area (Å²) in [6, 6.07) is 0. The summed E-state index contributed by atoms with van der Waals surface area (Å²) in [7, 11) is -9.88. The Morgan fingerprint density at radius 2 is 0.614 bits per heavy atom. The number of rotatable bonds is 62. The Hall–Kier alpha value is -1.94. The zero-order valence-corrected chi connectivity index (χ0v) is 55.4. The van der Waals surface area contributed by atoms with Crippen LogP contribution < -0.4 is 0 Å². The Balaban J connectivity index is 5.19. The molecule has 0 aliphatic carbocycles. The van der Waals surface area contributed by atoms with Crippen molar-refractivity contribution in [1.82, 2.24) is 0 Å². The molecule has 0 bridgehead atoms. The highest BCUT2D eigenvalue weighted by molar-refractivity contribution is 7.47. The third-order valence-corrected chi connectivity index (χ3v) is 16.9. The molecule has 0 amide bonds. The van der Waals surface area contributed by atoms with Gasteiger partial charge in [0.2, 0.25) is 0 Å². The smallest absolute Gasteiger partial charge is 0.462 e. The van der Waals surface area contributed by atoms with E-state index in [4.69, 9.17) is 37.0 Å². The molecule has 6 atom stereocenters. The maximum absolute atomic E-state index is 13.0. The van der Waals surface area contributed by atoms with E-state index < -0.39 is 97.5 Å². The molecule has 0 saturated carbocycles. The van der Waals surface area contributed by atoms with E-state index in [1.54, 1.807) is 0 Å². The van der Waals surface area contributed by atoms with E-state index in [0.29, 0.717) is 25.7 Å². The van der Waals surface area contributed by atoms with Crippen molar-refractivity contribution in [3.05, 3.63) is 0 Å². The number of phosphoric ester groups is 2. The lowest BCUT2D eigenvalue weighted by Gasteiger charge is -2.21. The number of aliphatic hydroxyl groups is 1. The van der Waals surface area contributed by atoms with Gasteiger partial charge >= 0.3 is 39.5 Å². The molecule has 492 valence electrons. The monoisotopic (exact) mass is 1230 g/mol. The molecule has 0 heterocycles. The van der Waals surface area contributed by atoms with Gasteiger partial charge in [-0.2, -0.15) is 0 Å². The number of ether oxygens (including phenoxy) is 4. The Bertz CT molecular complexity index is 1650. The number of esters is 4. The van der Waals surface area contributed by atoms with Gasteiger partial charge in [0.05, 0.1) is 26.4 Å². The quantitative estimate of drug-likeness (QED) is 0.0222. The van der Waals surface area contributed by atoms with Crippen molar-refractivity contribution < 1.29 is 80.2 Å². The highest BCUT2D eigenvalue weighted by Crippen LogP contribution is 2.45. The fourth-order valence-electron chi connectivity index (χ4n) is 9.45. The van der Waals surface area contributed by atoms with E-state index in [1.165, 1.54) is 116 Å². The van der Waals surface area contributed by atoms with Gasteiger partial charge in [0.1, 0.15) is 19.3 Å². The zero-order chi connectivity index (χ0) is 61.7. The maximum atomic E-state index is 13.0. The summed E-state index contributed by atoms with van der Waals surface area (Å²) in [5, 5.41) is 10.5. The van der Waals surface area contributed by atoms with Gasteiger partial charge in [0.25, 0.3) is 0 Å². The third kappa shape index (κ3) is 57.6. The number of carbonyl (C=O) groups excluding carboxylic acids is 4. The van der Waals surface area contributed by atoms with Crippen LogP contribution in [0.15, 0.2) is 0 Å². The summed E-state index contributed by atoms with van der Waals surface area (Å²) in [6.07, 6.45) is 36.6. The van der Waals surface area contributed by atoms with Crippen molar-refractivity contribution in [2.24, 2.45) is 17.8 Å². The second-order valence-electron chi connectivity index (χ2n) is 24.3. The largest absolute Gasteiger partial charge is 0.472 e. The first-order chi connectivity index (χ1) is 39.8. The lowest BCUT2D eigenvalue weighted by Crippen LogP contribution is -2.30. The molecule has 0 spiro atoms. The summed E-state index contributed by atoms with van der Waals surface area (Å²) in [5.41, 5.74) is 0. The molecule has 0 aliphatic heterocycles. The maximum Gasteiger partial charge on any atom is 0.472 e. The van der Waals surface area contributed by atoms with Gasteiger partial charge in [0, 0.05) is 25.7 Å². The molecule has 0 aromatic heterocycles. The number of unbranched alkanes of at least 4 members (excludes halogenated alkanes) is 29. The number of carbonyl (C=O) groups is 4. The average Bonchev–Trinajstić information content (AvgIpc) is 3.45. The molecule has 3 unspecified atom stereocenters. The van der Waals surface area contributed by atoms with E-state index in [1.807, 2.05) is 0 Å². The van der Waals surface area contributed by atoms with E-state index in [9.17, 15) is 43.2 Å². The highest BCUT2D eigenvalue weighted by atomic mass is 31.2. The first kappa shape index (κ1) is 81.1. The van der Waals surface area contributed by atoms with Crippen molar-refractivity contribution in [1.29, 1.82) is 0 Å². The van der Waals surface area contributed by atoms with Crippen LogP contribution in [-0.4, -0.2) is 96.7 Å². The van der Waals surface area contributed by atoms with Crippen molar-refractivity contribution in [2.45, 2.75) is 330 Å². The van der Waals surface area contributed by atoms with E-state index in [2.05, 4.69) is 48.5 Å². The molecule has 19 heteroatoms. The predicted molar refractivity (Wildman–Crippen MR) is 331 cm³/mol. The first-order valence-corrected chi connectivity index (χ1v) is 36.4. The molecule has 0 aromatic rings. The van der Waals surface area contributed by atoms with Gasteiger partial charge in [-0.15, -0.1) is 0 Å². The SMILES string of the molecule is CCCCCCCC(=O)OC[C@H](COP(=O)(O)OC[C@H](O)COP(=O)(O)OC[C@@H](COC(=O)CCCCCCCCCCCCC(C)C)OC(=O)CCCCCCCCCCCCCCC(C)C)OC(=O)CCCCCCCCC(C)CC. The standard InChI is InChI=1S/C64H124O17P2/c1-8-10-11-28-38-45-61(66)74-51-59(81-64(69)48-41-34-27-26-31-37-44-57(7)9-2)53-78-82(70,71)76-49-58(65)50-77-83(72,73)79-54-60(52-75-62(67)46-39-32-24-20-17-16-19-23-30-36-43-56(5)6)80-63(68)47-40-33-25-21-15-13-12-14-18-22-29-35-42-55(3)4/h55-60,65H,8-54H2,1-7H3,(H,70,71)(H,72,73)/t57?,58-,59+,60+/m0/s1. The fourth-order valence-corrected chi connectivity index (χ4v) is 11.0. The van der Waals surface area contributed by atoms with Crippen LogP contribution in [0.2, 0.25) is 0 Å². The number of phosphoric acid groups is 2. The van der Waals surface area contributed by atoms with Crippen molar-refractivity contribution in [3.63, 3.8) is 0 Å². The molecule has 0 radical (unpaired) electrons. The van der Waals surface area contributed by atoms with Crippen LogP contribution in [-0.2, 0) is 65.4 Å². The highest BCUT2D eigenvalue weighted by Gasteiger charge is 2.30. The predicted octanol–water partition coefficient (Wildman–Crippen LogP) is 17.5. The molecule has 0 aromatic carbocycles. The molecule has 83 heavy (non-hydrogen) atoms. The summed E-state index contributed by atoms with van der Waals surface area (Å²) in [6.45, 7) is 11.7. The number of aliphatic hydroxyl groups excluding tert-OH is 1. The van der Waals surface area contributed by atoms with Crippen LogP contribution in [0.3, 0.4) is 0 Å². The minimum absolute atomic E-state index is 0.102. The molecular weight excluding hydrogens is 1100 g/mol. The average molecular weight is 1230 g/mol. The van der Waals surface area contributed by atoms with E-state index in [-0.39, 0.29) is 25.7 Å². The summed E-state index contributed by atoms with van der Waals surface area (Å²) >= 11 is 0. The molecular formula is C64H124O17P2. The second kappa shape index (κ2) is 55.4. The zero-order valence-electron chi connectivity index (χ0n) is 53.6. The van der Waals surface area contributed by atoms with Gasteiger partial charge < -0.3 is 33.8 Å². The molecule has 0 saturated heterocycles. The van der Waals surface area contributed by atoms with Crippen LogP contribution in [0.1, 0.15) is 312 Å². The Morgan fingerprint density at radius 1 is 0.349 bits per heavy atom. The lowest BCUT2D eigenvalue weighted by molar-refractivity contribution is -0.161. The van der Waals surface area contributed by atoms with E-state index >= 15 is 0 Å². The number of hydrogen-bond acceptors (Lipinski definition) is 15. The van der Waals surface area contributed by atoms with Gasteiger partial charge in [-0.1, -0.05) is 260 Å². The van der Waals surface area contributed by atoms with Gasteiger partial charge in [-0.25, -0.2) is 9.13 Å². The summed E-state index contributed by atoms with van der Waals surface area (Å²) in [4.78, 5) is 72.0. The van der Waals surface area contributed by atoms with Gasteiger partial charge in [0.15, 0.2) is 12.2 Å². The van der Waals surface area contributed by atoms with Crippen molar-refractivity contribution in [3.8, 4) is 0 Å². The Morgan fingerprint density at radius 3 is 0.916 bits per heavy atom. The van der Waals surface area contributed by atoms with Crippen LogP contribution in [0.4, 0.5) is 0 Å². The molecule has 0 rings (SSSR count). The minimum atomic E-state index is -4.94. The van der Waals surface area contributed by atoms with Crippen LogP contribution in [0.5, 0.6) is 0 Å². The molecule has 0 aliphatic rings. The van der Waals surface area contributed by atoms with Crippen LogP contribution in [0, 0.1) is 17.8 Å². The third-order valence-electron chi connectivity index (χ3n) is 15.0. The molecule has 17 nitrogen and oxygen atoms in total. The van der Waals surface area contributed by atoms with Crippen molar-refractivity contribution >= 4 is 39.5 Å². The first-order valence-electron chi connectivity index (χ1n) is 33.4. The number of hydrogen-bond donors (Lipinski definition) is 3. The van der Waals surface area contributed by atoms with E-state index in [0.717, 1.165) is 114 Å². The molecule has 3 N–H and O–H groups in total. The fraction of sp³-hybridized carbons (Fsp3) is 0.938. The normalized spacial score (nSPS) is 14.7. The minimum Gasteiger partial charge on any atom is -0.462 e. The van der Waals surface area contributed by atoms with Gasteiger partial charge in [-0.3, -0.25) is 37.3 Å².